The molecule has 0 aliphatic carbocycles. The van der Waals surface area contributed by atoms with E-state index in [1.165, 1.54) is 77.0 Å². The molecule has 28 heavy (non-hydrogen) atoms. The minimum atomic E-state index is -1.03. The first-order chi connectivity index (χ1) is 13.6. The Morgan fingerprint density at radius 3 is 1.54 bits per heavy atom. The molecule has 0 aromatic heterocycles. The van der Waals surface area contributed by atoms with Crippen molar-refractivity contribution >= 4 is 11.9 Å². The minimum absolute atomic E-state index is 0.274. The first-order valence-electron chi connectivity index (χ1n) is 11.7. The van der Waals surface area contributed by atoms with Crippen molar-refractivity contribution in [3.63, 3.8) is 0 Å². The van der Waals surface area contributed by atoms with Crippen LogP contribution in [0.25, 0.3) is 0 Å². The summed E-state index contributed by atoms with van der Waals surface area (Å²) in [4.78, 5) is 21.6. The molecule has 4 nitrogen and oxygen atoms in total. The molecule has 0 fully saturated rings. The van der Waals surface area contributed by atoms with Crippen LogP contribution in [0.2, 0.25) is 0 Å². The van der Waals surface area contributed by atoms with Gasteiger partial charge in [0.25, 0.3) is 0 Å². The van der Waals surface area contributed by atoms with Crippen molar-refractivity contribution < 1.29 is 19.8 Å². The molecule has 0 aromatic carbocycles. The van der Waals surface area contributed by atoms with Gasteiger partial charge in [-0.1, -0.05) is 96.1 Å². The van der Waals surface area contributed by atoms with Crippen LogP contribution in [0.15, 0.2) is 12.2 Å². The topological polar surface area (TPSA) is 74.6 Å². The lowest BCUT2D eigenvalue weighted by molar-refractivity contribution is -0.148. The molecule has 1 atom stereocenters. The number of hydrogen-bond donors (Lipinski definition) is 2. The number of carbonyl (C=O) groups is 2. The van der Waals surface area contributed by atoms with E-state index in [0.29, 0.717) is 6.42 Å². The highest BCUT2D eigenvalue weighted by molar-refractivity contribution is 5.77. The second kappa shape index (κ2) is 20.4. The molecule has 4 heteroatoms. The summed E-state index contributed by atoms with van der Waals surface area (Å²) in [5.74, 6) is -2.78. The van der Waals surface area contributed by atoms with Crippen LogP contribution in [-0.4, -0.2) is 22.2 Å². The van der Waals surface area contributed by atoms with Crippen LogP contribution in [0.3, 0.4) is 0 Å². The number of carboxylic acids is 2. The Labute approximate surface area is 172 Å². The van der Waals surface area contributed by atoms with Crippen LogP contribution >= 0.6 is 0 Å². The van der Waals surface area contributed by atoms with Crippen LogP contribution < -0.4 is 0 Å². The predicted molar refractivity (Wildman–Crippen MR) is 117 cm³/mol. The summed E-state index contributed by atoms with van der Waals surface area (Å²) < 4.78 is 0. The maximum absolute atomic E-state index is 11.0. The third kappa shape index (κ3) is 19.4. The fraction of sp³-hybridized carbons (Fsp3) is 0.833. The number of aliphatic carboxylic acids is 2. The molecule has 0 heterocycles. The first-order valence-corrected chi connectivity index (χ1v) is 11.7. The van der Waals surface area contributed by atoms with Gasteiger partial charge in [-0.15, -0.1) is 0 Å². The monoisotopic (exact) mass is 396 g/mol. The van der Waals surface area contributed by atoms with Gasteiger partial charge in [0.15, 0.2) is 0 Å². The summed E-state index contributed by atoms with van der Waals surface area (Å²) in [5.41, 5.74) is 0. The van der Waals surface area contributed by atoms with E-state index in [4.69, 9.17) is 10.2 Å². The van der Waals surface area contributed by atoms with Crippen LogP contribution in [0.1, 0.15) is 122 Å². The Bertz CT molecular complexity index is 403. The molecule has 0 aromatic rings. The molecule has 0 rings (SSSR count). The quantitative estimate of drug-likeness (QED) is 0.157. The van der Waals surface area contributed by atoms with Gasteiger partial charge >= 0.3 is 11.9 Å². The van der Waals surface area contributed by atoms with Crippen molar-refractivity contribution in [2.24, 2.45) is 5.92 Å². The molecule has 0 bridgehead atoms. The van der Waals surface area contributed by atoms with Gasteiger partial charge in [0.2, 0.25) is 0 Å². The molecule has 0 saturated carbocycles. The van der Waals surface area contributed by atoms with Gasteiger partial charge in [-0.3, -0.25) is 9.59 Å². The molecule has 2 N–H and O–H groups in total. The molecule has 0 spiro atoms. The van der Waals surface area contributed by atoms with E-state index < -0.39 is 17.9 Å². The molecule has 0 radical (unpaired) electrons. The van der Waals surface area contributed by atoms with Crippen LogP contribution in [0.4, 0.5) is 0 Å². The van der Waals surface area contributed by atoms with Gasteiger partial charge in [0.1, 0.15) is 0 Å². The molecule has 0 amide bonds. The van der Waals surface area contributed by atoms with E-state index in [1.807, 2.05) is 0 Å². The van der Waals surface area contributed by atoms with E-state index in [-0.39, 0.29) is 6.42 Å². The highest BCUT2D eigenvalue weighted by Gasteiger charge is 2.19. The summed E-state index contributed by atoms with van der Waals surface area (Å²) in [6.07, 6.45) is 24.9. The van der Waals surface area contributed by atoms with E-state index >= 15 is 0 Å². The predicted octanol–water partition coefficient (Wildman–Crippen LogP) is 7.37. The lowest BCUT2D eigenvalue weighted by Crippen LogP contribution is -2.17. The van der Waals surface area contributed by atoms with Crippen LogP contribution in [0.5, 0.6) is 0 Å². The lowest BCUT2D eigenvalue weighted by atomic mass is 9.98. The zero-order chi connectivity index (χ0) is 20.9. The SMILES string of the molecule is CCCCCCCCCCCCCC/C=C/CCCCC(CC(=O)O)C(=O)O. The van der Waals surface area contributed by atoms with Crippen LogP contribution in [-0.2, 0) is 9.59 Å². The summed E-state index contributed by atoms with van der Waals surface area (Å²) in [5, 5.41) is 17.7. The molecule has 0 saturated heterocycles. The van der Waals surface area contributed by atoms with Gasteiger partial charge in [-0.25, -0.2) is 0 Å². The van der Waals surface area contributed by atoms with Crippen molar-refractivity contribution in [2.75, 3.05) is 0 Å². The number of allylic oxidation sites excluding steroid dienone is 2. The number of rotatable bonds is 21. The van der Waals surface area contributed by atoms with Gasteiger partial charge in [0, 0.05) is 0 Å². The molecular weight excluding hydrogens is 352 g/mol. The van der Waals surface area contributed by atoms with Gasteiger partial charge < -0.3 is 10.2 Å². The summed E-state index contributed by atoms with van der Waals surface area (Å²) in [7, 11) is 0. The normalized spacial score (nSPS) is 12.5. The zero-order valence-corrected chi connectivity index (χ0v) is 18.2. The molecule has 164 valence electrons. The Morgan fingerprint density at radius 1 is 0.679 bits per heavy atom. The van der Waals surface area contributed by atoms with E-state index in [1.54, 1.807) is 0 Å². The standard InChI is InChI=1S/C24H44O4/c1-2-3-4-5-6-7-8-9-10-11-12-13-14-15-16-17-18-19-20-22(24(27)28)21-23(25)26/h15-16,22H,2-14,17-21H2,1H3,(H,25,26)(H,27,28)/b16-15+. The van der Waals surface area contributed by atoms with E-state index in [9.17, 15) is 9.59 Å². The Morgan fingerprint density at radius 2 is 1.11 bits per heavy atom. The largest absolute Gasteiger partial charge is 0.481 e. The van der Waals surface area contributed by atoms with E-state index in [2.05, 4.69) is 19.1 Å². The number of unbranched alkanes of at least 4 members (excludes halogenated alkanes) is 14. The number of carboxylic acid groups (broad SMARTS) is 2. The van der Waals surface area contributed by atoms with Gasteiger partial charge in [-0.2, -0.15) is 0 Å². The van der Waals surface area contributed by atoms with E-state index in [0.717, 1.165) is 25.7 Å². The summed E-state index contributed by atoms with van der Waals surface area (Å²) in [6, 6.07) is 0. The second-order valence-corrected chi connectivity index (χ2v) is 8.07. The average Bonchev–Trinajstić information content (AvgIpc) is 2.65. The highest BCUT2D eigenvalue weighted by atomic mass is 16.4. The van der Waals surface area contributed by atoms with Crippen molar-refractivity contribution in [1.82, 2.24) is 0 Å². The number of hydrogen-bond acceptors (Lipinski definition) is 2. The smallest absolute Gasteiger partial charge is 0.307 e. The Balaban J connectivity index is 3.34. The maximum atomic E-state index is 11.0. The average molecular weight is 397 g/mol. The van der Waals surface area contributed by atoms with Crippen molar-refractivity contribution in [1.29, 1.82) is 0 Å². The highest BCUT2D eigenvalue weighted by Crippen LogP contribution is 2.15. The van der Waals surface area contributed by atoms with Crippen LogP contribution in [0, 0.1) is 5.92 Å². The van der Waals surface area contributed by atoms with Gasteiger partial charge in [-0.05, 0) is 32.1 Å². The summed E-state index contributed by atoms with van der Waals surface area (Å²) >= 11 is 0. The molecule has 1 unspecified atom stereocenters. The molecular formula is C24H44O4. The fourth-order valence-electron chi connectivity index (χ4n) is 3.52. The third-order valence-corrected chi connectivity index (χ3v) is 5.33. The second-order valence-electron chi connectivity index (χ2n) is 8.07. The fourth-order valence-corrected chi connectivity index (χ4v) is 3.52. The first kappa shape index (κ1) is 26.7. The van der Waals surface area contributed by atoms with Crippen molar-refractivity contribution in [2.45, 2.75) is 122 Å². The molecule has 0 aliphatic heterocycles. The lowest BCUT2D eigenvalue weighted by Gasteiger charge is -2.08. The molecule has 0 aliphatic rings. The van der Waals surface area contributed by atoms with Crippen molar-refractivity contribution in [3.8, 4) is 0 Å². The third-order valence-electron chi connectivity index (χ3n) is 5.33. The Kier molecular flexibility index (Phi) is 19.5. The zero-order valence-electron chi connectivity index (χ0n) is 18.2. The van der Waals surface area contributed by atoms with Gasteiger partial charge in [0.05, 0.1) is 12.3 Å². The van der Waals surface area contributed by atoms with Crippen molar-refractivity contribution in [3.05, 3.63) is 12.2 Å². The maximum Gasteiger partial charge on any atom is 0.307 e. The minimum Gasteiger partial charge on any atom is -0.481 e. The summed E-state index contributed by atoms with van der Waals surface area (Å²) in [6.45, 7) is 2.27. The Hall–Kier alpha value is -1.32.